The fourth-order valence-corrected chi connectivity index (χ4v) is 1.52. The lowest BCUT2D eigenvalue weighted by molar-refractivity contribution is -0.229. The molecule has 78 valence electrons. The molecule has 0 aromatic rings. The van der Waals surface area contributed by atoms with Crippen molar-refractivity contribution in [1.29, 1.82) is 0 Å². The molecule has 3 unspecified atom stereocenters. The van der Waals surface area contributed by atoms with E-state index in [-0.39, 0.29) is 6.61 Å². The second-order valence-corrected chi connectivity index (χ2v) is 3.28. The number of hydrogen-bond acceptors (Lipinski definition) is 5. The third-order valence-corrected chi connectivity index (χ3v) is 2.39. The summed E-state index contributed by atoms with van der Waals surface area (Å²) < 4.78 is 5.17. The third kappa shape index (κ3) is 2.00. The van der Waals surface area contributed by atoms with Gasteiger partial charge in [0.25, 0.3) is 0 Å². The lowest BCUT2D eigenvalue weighted by Crippen LogP contribution is -2.58. The molecule has 1 heterocycles. The van der Waals surface area contributed by atoms with E-state index in [0.717, 1.165) is 0 Å². The molecule has 1 saturated heterocycles. The van der Waals surface area contributed by atoms with Crippen molar-refractivity contribution in [2.24, 2.45) is 0 Å². The van der Waals surface area contributed by atoms with Crippen molar-refractivity contribution in [3.05, 3.63) is 0 Å². The molecule has 0 aromatic carbocycles. The SMILES string of the molecule is CC[C@@H]1OC(CO)C(O)C(O)[C@@H]1O. The van der Waals surface area contributed by atoms with Gasteiger partial charge in [0.1, 0.15) is 24.4 Å². The molecule has 1 aliphatic rings. The quantitative estimate of drug-likeness (QED) is 0.416. The summed E-state index contributed by atoms with van der Waals surface area (Å²) in [5.74, 6) is 0. The fraction of sp³-hybridized carbons (Fsp3) is 1.00. The van der Waals surface area contributed by atoms with E-state index in [1.807, 2.05) is 0 Å². The van der Waals surface area contributed by atoms with Crippen molar-refractivity contribution in [2.45, 2.75) is 43.9 Å². The smallest absolute Gasteiger partial charge is 0.111 e. The number of aliphatic hydroxyl groups excluding tert-OH is 4. The molecular formula is C8H16O5. The molecule has 0 aliphatic carbocycles. The van der Waals surface area contributed by atoms with Crippen LogP contribution in [-0.4, -0.2) is 57.6 Å². The van der Waals surface area contributed by atoms with Crippen molar-refractivity contribution >= 4 is 0 Å². The van der Waals surface area contributed by atoms with Crippen LogP contribution in [0.4, 0.5) is 0 Å². The average molecular weight is 192 g/mol. The van der Waals surface area contributed by atoms with Gasteiger partial charge in [-0.2, -0.15) is 0 Å². The summed E-state index contributed by atoms with van der Waals surface area (Å²) in [6.07, 6.45) is -4.33. The fourth-order valence-electron chi connectivity index (χ4n) is 1.52. The van der Waals surface area contributed by atoms with Crippen molar-refractivity contribution in [3.8, 4) is 0 Å². The van der Waals surface area contributed by atoms with Gasteiger partial charge in [0.15, 0.2) is 0 Å². The van der Waals surface area contributed by atoms with Gasteiger partial charge in [0.2, 0.25) is 0 Å². The summed E-state index contributed by atoms with van der Waals surface area (Å²) in [6.45, 7) is 1.44. The van der Waals surface area contributed by atoms with Gasteiger partial charge in [0, 0.05) is 0 Å². The number of rotatable bonds is 2. The van der Waals surface area contributed by atoms with E-state index in [1.54, 1.807) is 6.92 Å². The molecule has 13 heavy (non-hydrogen) atoms. The minimum absolute atomic E-state index is 0.360. The van der Waals surface area contributed by atoms with E-state index in [2.05, 4.69) is 0 Å². The monoisotopic (exact) mass is 192 g/mol. The van der Waals surface area contributed by atoms with Gasteiger partial charge in [0.05, 0.1) is 12.7 Å². The molecule has 5 atom stereocenters. The van der Waals surface area contributed by atoms with Gasteiger partial charge in [-0.3, -0.25) is 0 Å². The molecule has 0 bridgehead atoms. The highest BCUT2D eigenvalue weighted by Crippen LogP contribution is 2.22. The Balaban J connectivity index is 2.66. The van der Waals surface area contributed by atoms with Crippen LogP contribution in [0.25, 0.3) is 0 Å². The van der Waals surface area contributed by atoms with Gasteiger partial charge >= 0.3 is 0 Å². The van der Waals surface area contributed by atoms with Crippen LogP contribution in [0.3, 0.4) is 0 Å². The number of ether oxygens (including phenoxy) is 1. The van der Waals surface area contributed by atoms with E-state index in [0.29, 0.717) is 6.42 Å². The van der Waals surface area contributed by atoms with Crippen LogP contribution in [0.2, 0.25) is 0 Å². The van der Waals surface area contributed by atoms with Crippen molar-refractivity contribution < 1.29 is 25.2 Å². The Morgan fingerprint density at radius 1 is 1.00 bits per heavy atom. The standard InChI is InChI=1S/C8H16O5/c1-2-4-6(10)8(12)7(11)5(3-9)13-4/h4-12H,2-3H2,1H3/t4-,5?,6+,7?,8?/m0/s1. The molecule has 0 spiro atoms. The summed E-state index contributed by atoms with van der Waals surface area (Å²) in [5.41, 5.74) is 0. The molecule has 1 aliphatic heterocycles. The normalized spacial score (nSPS) is 46.4. The maximum atomic E-state index is 9.40. The Morgan fingerprint density at radius 2 is 1.54 bits per heavy atom. The van der Waals surface area contributed by atoms with Crippen molar-refractivity contribution in [1.82, 2.24) is 0 Å². The van der Waals surface area contributed by atoms with Crippen LogP contribution in [0.15, 0.2) is 0 Å². The molecule has 0 saturated carbocycles. The zero-order valence-corrected chi connectivity index (χ0v) is 7.50. The zero-order chi connectivity index (χ0) is 10.0. The van der Waals surface area contributed by atoms with Crippen LogP contribution in [0, 0.1) is 0 Å². The summed E-state index contributed by atoms with van der Waals surface area (Å²) in [5, 5.41) is 36.9. The highest BCUT2D eigenvalue weighted by Gasteiger charge is 2.42. The van der Waals surface area contributed by atoms with Gasteiger partial charge in [-0.1, -0.05) is 6.92 Å². The highest BCUT2D eigenvalue weighted by atomic mass is 16.5. The third-order valence-electron chi connectivity index (χ3n) is 2.39. The topological polar surface area (TPSA) is 90.2 Å². The second kappa shape index (κ2) is 4.34. The first-order valence-corrected chi connectivity index (χ1v) is 4.42. The van der Waals surface area contributed by atoms with Gasteiger partial charge < -0.3 is 25.2 Å². The van der Waals surface area contributed by atoms with Crippen LogP contribution in [0.5, 0.6) is 0 Å². The zero-order valence-electron chi connectivity index (χ0n) is 7.50. The van der Waals surface area contributed by atoms with E-state index in [1.165, 1.54) is 0 Å². The molecule has 5 heteroatoms. The predicted octanol–water partition coefficient (Wildman–Crippen LogP) is -1.76. The van der Waals surface area contributed by atoms with Crippen LogP contribution in [0.1, 0.15) is 13.3 Å². The van der Waals surface area contributed by atoms with Gasteiger partial charge in [-0.25, -0.2) is 0 Å². The molecule has 1 fully saturated rings. The van der Waals surface area contributed by atoms with E-state index < -0.39 is 30.5 Å². The molecule has 5 nitrogen and oxygen atoms in total. The molecule has 0 aromatic heterocycles. The summed E-state index contributed by atoms with van der Waals surface area (Å²) >= 11 is 0. The average Bonchev–Trinajstić information content (AvgIpc) is 2.15. The Labute approximate surface area is 76.6 Å². The van der Waals surface area contributed by atoms with E-state index in [4.69, 9.17) is 9.84 Å². The lowest BCUT2D eigenvalue weighted by atomic mass is 9.94. The van der Waals surface area contributed by atoms with Crippen molar-refractivity contribution in [2.75, 3.05) is 6.61 Å². The Bertz CT molecular complexity index is 143. The molecular weight excluding hydrogens is 176 g/mol. The minimum atomic E-state index is -1.24. The highest BCUT2D eigenvalue weighted by molar-refractivity contribution is 4.91. The molecule has 1 rings (SSSR count). The van der Waals surface area contributed by atoms with Gasteiger partial charge in [-0.15, -0.1) is 0 Å². The first kappa shape index (κ1) is 10.9. The van der Waals surface area contributed by atoms with Crippen LogP contribution >= 0.6 is 0 Å². The Morgan fingerprint density at radius 3 is 2.00 bits per heavy atom. The molecule has 0 amide bonds. The first-order chi connectivity index (χ1) is 6.11. The molecule has 0 radical (unpaired) electrons. The lowest BCUT2D eigenvalue weighted by Gasteiger charge is -2.39. The van der Waals surface area contributed by atoms with Gasteiger partial charge in [-0.05, 0) is 6.42 Å². The summed E-state index contributed by atoms with van der Waals surface area (Å²) in [6, 6.07) is 0. The minimum Gasteiger partial charge on any atom is -0.394 e. The number of aliphatic hydroxyl groups is 4. The van der Waals surface area contributed by atoms with Crippen molar-refractivity contribution in [3.63, 3.8) is 0 Å². The van der Waals surface area contributed by atoms with E-state index >= 15 is 0 Å². The summed E-state index contributed by atoms with van der Waals surface area (Å²) in [7, 11) is 0. The maximum absolute atomic E-state index is 9.40. The Hall–Kier alpha value is -0.200. The molecule has 4 N–H and O–H groups in total. The van der Waals surface area contributed by atoms with Crippen LogP contribution in [-0.2, 0) is 4.74 Å². The first-order valence-electron chi connectivity index (χ1n) is 4.42. The predicted molar refractivity (Wildman–Crippen MR) is 44.1 cm³/mol. The van der Waals surface area contributed by atoms with Crippen LogP contribution < -0.4 is 0 Å². The maximum Gasteiger partial charge on any atom is 0.111 e. The van der Waals surface area contributed by atoms with E-state index in [9.17, 15) is 15.3 Å². The Kier molecular flexibility index (Phi) is 3.63. The number of hydrogen-bond donors (Lipinski definition) is 4. The largest absolute Gasteiger partial charge is 0.394 e. The summed E-state index contributed by atoms with van der Waals surface area (Å²) in [4.78, 5) is 0. The second-order valence-electron chi connectivity index (χ2n) is 3.28.